The van der Waals surface area contributed by atoms with Gasteiger partial charge in [0.05, 0.1) is 5.69 Å². The van der Waals surface area contributed by atoms with E-state index >= 15 is 0 Å². The normalized spacial score (nSPS) is 15.8. The fourth-order valence-electron chi connectivity index (χ4n) is 3.23. The molecule has 1 heterocycles. The molecule has 0 unspecified atom stereocenters. The molecule has 1 fully saturated rings. The number of hydrogen-bond acceptors (Lipinski definition) is 2. The maximum Gasteiger partial charge on any atom is 0.126 e. The topological polar surface area (TPSA) is 43.8 Å². The fourth-order valence-corrected chi connectivity index (χ4v) is 3.23. The van der Waals surface area contributed by atoms with Gasteiger partial charge in [0.1, 0.15) is 11.6 Å². The number of nitrogen functional groups attached to an aromatic ring is 1. The summed E-state index contributed by atoms with van der Waals surface area (Å²) in [4.78, 5) is 4.84. The maximum atomic E-state index is 6.24. The molecule has 1 aliphatic rings. The zero-order valence-electron chi connectivity index (χ0n) is 12.2. The fraction of sp³-hybridized carbons (Fsp3) is 0.471. The molecule has 106 valence electrons. The van der Waals surface area contributed by atoms with Crippen LogP contribution in [-0.4, -0.2) is 9.55 Å². The second-order valence-electron chi connectivity index (χ2n) is 5.83. The Kier molecular flexibility index (Phi) is 3.77. The molecule has 2 aromatic rings. The van der Waals surface area contributed by atoms with Crippen LogP contribution in [0.5, 0.6) is 0 Å². The summed E-state index contributed by atoms with van der Waals surface area (Å²) in [7, 11) is 2.06. The Morgan fingerprint density at radius 1 is 1.15 bits per heavy atom. The lowest BCUT2D eigenvalue weighted by Gasteiger charge is -2.08. The number of hydrogen-bond donors (Lipinski definition) is 1. The van der Waals surface area contributed by atoms with E-state index in [1.165, 1.54) is 37.1 Å². The van der Waals surface area contributed by atoms with E-state index in [1.807, 2.05) is 0 Å². The van der Waals surface area contributed by atoms with E-state index in [9.17, 15) is 0 Å². The van der Waals surface area contributed by atoms with Gasteiger partial charge in [-0.15, -0.1) is 0 Å². The van der Waals surface area contributed by atoms with Gasteiger partial charge in [-0.25, -0.2) is 4.98 Å². The van der Waals surface area contributed by atoms with Crippen molar-refractivity contribution in [2.75, 3.05) is 5.73 Å². The Morgan fingerprint density at radius 2 is 1.85 bits per heavy atom. The van der Waals surface area contributed by atoms with Crippen LogP contribution >= 0.6 is 0 Å². The van der Waals surface area contributed by atoms with Gasteiger partial charge in [-0.05, 0) is 31.2 Å². The van der Waals surface area contributed by atoms with Crippen LogP contribution in [0.15, 0.2) is 30.3 Å². The number of anilines is 1. The molecular formula is C17H23N3. The summed E-state index contributed by atoms with van der Waals surface area (Å²) in [6.45, 7) is 0. The highest BCUT2D eigenvalue weighted by atomic mass is 15.1. The number of nitrogens with zero attached hydrogens (tertiary/aromatic N) is 2. The Balaban J connectivity index is 1.75. The van der Waals surface area contributed by atoms with Crippen LogP contribution in [0.1, 0.15) is 48.7 Å². The third-order valence-corrected chi connectivity index (χ3v) is 4.46. The minimum absolute atomic E-state index is 0.618. The highest BCUT2D eigenvalue weighted by Gasteiger charge is 2.23. The second-order valence-corrected chi connectivity index (χ2v) is 5.83. The molecule has 0 saturated heterocycles. The third-order valence-electron chi connectivity index (χ3n) is 4.46. The molecule has 1 aromatic carbocycles. The summed E-state index contributed by atoms with van der Waals surface area (Å²) in [6.07, 6.45) is 7.13. The molecular weight excluding hydrogens is 246 g/mol. The third kappa shape index (κ3) is 2.58. The van der Waals surface area contributed by atoms with Crippen molar-refractivity contribution < 1.29 is 0 Å². The van der Waals surface area contributed by atoms with Gasteiger partial charge in [-0.2, -0.15) is 0 Å². The summed E-state index contributed by atoms with van der Waals surface area (Å²) >= 11 is 0. The molecule has 0 aliphatic heterocycles. The highest BCUT2D eigenvalue weighted by molar-refractivity contribution is 5.39. The van der Waals surface area contributed by atoms with Crippen LogP contribution in [0.3, 0.4) is 0 Å². The SMILES string of the molecule is Cn1c(C2CCCC2)nc(CCc2ccccc2)c1N. The molecule has 0 amide bonds. The second kappa shape index (κ2) is 5.70. The summed E-state index contributed by atoms with van der Waals surface area (Å²) < 4.78 is 2.11. The number of aromatic nitrogens is 2. The van der Waals surface area contributed by atoms with Gasteiger partial charge in [-0.1, -0.05) is 43.2 Å². The Bertz CT molecular complexity index is 565. The van der Waals surface area contributed by atoms with Crippen molar-refractivity contribution in [1.29, 1.82) is 0 Å². The van der Waals surface area contributed by atoms with E-state index in [4.69, 9.17) is 10.7 Å². The van der Waals surface area contributed by atoms with E-state index in [-0.39, 0.29) is 0 Å². The van der Waals surface area contributed by atoms with Crippen molar-refractivity contribution >= 4 is 5.82 Å². The lowest BCUT2D eigenvalue weighted by atomic mass is 10.1. The van der Waals surface area contributed by atoms with Gasteiger partial charge in [-0.3, -0.25) is 0 Å². The number of imidazole rings is 1. The summed E-state index contributed by atoms with van der Waals surface area (Å²) in [5, 5.41) is 0. The molecule has 1 aliphatic carbocycles. The predicted molar refractivity (Wildman–Crippen MR) is 82.7 cm³/mol. The minimum atomic E-state index is 0.618. The van der Waals surface area contributed by atoms with Gasteiger partial charge >= 0.3 is 0 Å². The lowest BCUT2D eigenvalue weighted by molar-refractivity contribution is 0.633. The molecule has 1 saturated carbocycles. The number of nitrogens with two attached hydrogens (primary N) is 1. The van der Waals surface area contributed by atoms with Crippen molar-refractivity contribution in [1.82, 2.24) is 9.55 Å². The standard InChI is InChI=1S/C17H23N3/c1-20-16(18)15(12-11-13-7-3-2-4-8-13)19-17(20)14-9-5-6-10-14/h2-4,7-8,14H,5-6,9-12,18H2,1H3. The van der Waals surface area contributed by atoms with Crippen LogP contribution in [0.4, 0.5) is 5.82 Å². The zero-order chi connectivity index (χ0) is 13.9. The summed E-state index contributed by atoms with van der Waals surface area (Å²) in [5.74, 6) is 2.67. The van der Waals surface area contributed by atoms with Crippen LogP contribution in [0.25, 0.3) is 0 Å². The van der Waals surface area contributed by atoms with Gasteiger partial charge in [0.2, 0.25) is 0 Å². The van der Waals surface area contributed by atoms with Crippen LogP contribution in [0.2, 0.25) is 0 Å². The average molecular weight is 269 g/mol. The maximum absolute atomic E-state index is 6.24. The first kappa shape index (κ1) is 13.2. The van der Waals surface area contributed by atoms with Gasteiger partial charge in [0.15, 0.2) is 0 Å². The molecule has 2 N–H and O–H groups in total. The Morgan fingerprint density at radius 3 is 2.55 bits per heavy atom. The van der Waals surface area contributed by atoms with Crippen LogP contribution < -0.4 is 5.73 Å². The Hall–Kier alpha value is -1.77. The minimum Gasteiger partial charge on any atom is -0.384 e. The van der Waals surface area contributed by atoms with Crippen molar-refractivity contribution in [3.8, 4) is 0 Å². The monoisotopic (exact) mass is 269 g/mol. The molecule has 3 heteroatoms. The van der Waals surface area contributed by atoms with E-state index < -0.39 is 0 Å². The van der Waals surface area contributed by atoms with Crippen LogP contribution in [0, 0.1) is 0 Å². The predicted octanol–water partition coefficient (Wildman–Crippen LogP) is 3.45. The van der Waals surface area contributed by atoms with E-state index in [0.29, 0.717) is 5.92 Å². The van der Waals surface area contributed by atoms with Gasteiger partial charge < -0.3 is 10.3 Å². The van der Waals surface area contributed by atoms with Gasteiger partial charge in [0.25, 0.3) is 0 Å². The molecule has 0 atom stereocenters. The van der Waals surface area contributed by atoms with Crippen molar-refractivity contribution in [2.45, 2.75) is 44.4 Å². The quantitative estimate of drug-likeness (QED) is 0.924. The first-order chi connectivity index (χ1) is 9.75. The van der Waals surface area contributed by atoms with Crippen LogP contribution in [-0.2, 0) is 19.9 Å². The van der Waals surface area contributed by atoms with Crippen molar-refractivity contribution in [2.24, 2.45) is 7.05 Å². The molecule has 1 aromatic heterocycles. The highest BCUT2D eigenvalue weighted by Crippen LogP contribution is 2.34. The molecule has 20 heavy (non-hydrogen) atoms. The lowest BCUT2D eigenvalue weighted by Crippen LogP contribution is -2.05. The Labute approximate surface area is 120 Å². The molecule has 0 bridgehead atoms. The molecule has 0 radical (unpaired) electrons. The molecule has 3 rings (SSSR count). The number of benzene rings is 1. The first-order valence-corrected chi connectivity index (χ1v) is 7.60. The van der Waals surface area contributed by atoms with Crippen molar-refractivity contribution in [3.63, 3.8) is 0 Å². The smallest absolute Gasteiger partial charge is 0.126 e. The van der Waals surface area contributed by atoms with E-state index in [2.05, 4.69) is 41.9 Å². The first-order valence-electron chi connectivity index (χ1n) is 7.60. The zero-order valence-corrected chi connectivity index (χ0v) is 12.2. The number of aryl methyl sites for hydroxylation is 2. The average Bonchev–Trinajstić information content (AvgIpc) is 3.09. The van der Waals surface area contributed by atoms with Crippen molar-refractivity contribution in [3.05, 3.63) is 47.4 Å². The van der Waals surface area contributed by atoms with Gasteiger partial charge in [0, 0.05) is 13.0 Å². The number of rotatable bonds is 4. The molecule has 0 spiro atoms. The summed E-state index contributed by atoms with van der Waals surface area (Å²) in [5.41, 5.74) is 8.65. The van der Waals surface area contributed by atoms with E-state index in [0.717, 1.165) is 24.4 Å². The summed E-state index contributed by atoms with van der Waals surface area (Å²) in [6, 6.07) is 10.5. The van der Waals surface area contributed by atoms with E-state index in [1.54, 1.807) is 0 Å². The molecule has 3 nitrogen and oxygen atoms in total. The largest absolute Gasteiger partial charge is 0.384 e.